The zero-order valence-corrected chi connectivity index (χ0v) is 24.6. The summed E-state index contributed by atoms with van der Waals surface area (Å²) in [5.74, 6) is -3.97. The quantitative estimate of drug-likeness (QED) is 0.0814. The summed E-state index contributed by atoms with van der Waals surface area (Å²) >= 11 is 0. The molecule has 0 amide bonds. The van der Waals surface area contributed by atoms with Crippen molar-refractivity contribution in [1.29, 1.82) is 0 Å². The number of fused-ring (bicyclic) bond motifs is 1. The van der Waals surface area contributed by atoms with E-state index in [1.165, 1.54) is 30.3 Å². The molecule has 0 radical (unpaired) electrons. The lowest BCUT2D eigenvalue weighted by molar-refractivity contribution is -0.131. The Balaban J connectivity index is 0.000000336. The van der Waals surface area contributed by atoms with Crippen LogP contribution in [0, 0.1) is 0 Å². The summed E-state index contributed by atoms with van der Waals surface area (Å²) in [7, 11) is 0. The summed E-state index contributed by atoms with van der Waals surface area (Å²) in [6, 6.07) is 18.8. The van der Waals surface area contributed by atoms with Crippen LogP contribution in [-0.2, 0) is 28.7 Å². The molecule has 4 aromatic rings. The van der Waals surface area contributed by atoms with E-state index in [2.05, 4.69) is 14.2 Å². The van der Waals surface area contributed by atoms with Gasteiger partial charge in [0, 0.05) is 6.07 Å². The lowest BCUT2D eigenvalue weighted by atomic mass is 10.1. The first-order chi connectivity index (χ1) is 23.3. The Bertz CT molecular complexity index is 1830. The van der Waals surface area contributed by atoms with Crippen LogP contribution in [0.1, 0.15) is 31.1 Å². The van der Waals surface area contributed by atoms with E-state index >= 15 is 0 Å². The molecule has 4 rings (SSSR count). The number of aromatic carboxylic acids is 3. The van der Waals surface area contributed by atoms with E-state index in [-0.39, 0.29) is 53.4 Å². The van der Waals surface area contributed by atoms with E-state index in [9.17, 15) is 38.4 Å². The summed E-state index contributed by atoms with van der Waals surface area (Å²) in [4.78, 5) is 80.5. The number of carboxylic acid groups (broad SMARTS) is 4. The van der Waals surface area contributed by atoms with Gasteiger partial charge in [-0.2, -0.15) is 0 Å². The fraction of sp³-hybridized carbons (Fsp3) is 0. The van der Waals surface area contributed by atoms with Crippen LogP contribution in [0.2, 0.25) is 0 Å². The summed E-state index contributed by atoms with van der Waals surface area (Å²) in [6.45, 7) is 0.896. The van der Waals surface area contributed by atoms with Crippen LogP contribution in [0.4, 0.5) is 0 Å². The Morgan fingerprint density at radius 2 is 1.02 bits per heavy atom. The van der Waals surface area contributed by atoms with Crippen LogP contribution < -0.4 is 14.2 Å². The number of carbonyl (C=O) groups excluding carboxylic acids is 4. The zero-order chi connectivity index (χ0) is 36.8. The molecule has 0 atom stereocenters. The molecule has 17 nitrogen and oxygen atoms in total. The number of rotatable bonds is 12. The van der Waals surface area contributed by atoms with Crippen molar-refractivity contribution < 1.29 is 82.8 Å². The van der Waals surface area contributed by atoms with Crippen molar-refractivity contribution in [3.05, 3.63) is 108 Å². The Kier molecular flexibility index (Phi) is 17.1. The average Bonchev–Trinajstić information content (AvgIpc) is 3.06. The minimum atomic E-state index is -1.20. The van der Waals surface area contributed by atoms with E-state index in [1.54, 1.807) is 30.3 Å². The third kappa shape index (κ3) is 15.3. The minimum absolute atomic E-state index is 0.00704. The normalized spacial score (nSPS) is 9.39. The van der Waals surface area contributed by atoms with Crippen LogP contribution in [0.15, 0.2) is 91.2 Å². The van der Waals surface area contributed by atoms with Gasteiger partial charge < -0.3 is 44.5 Å². The second-order valence-electron chi connectivity index (χ2n) is 8.40. The molecular formula is C32H24O17. The first-order valence-corrected chi connectivity index (χ1v) is 12.8. The van der Waals surface area contributed by atoms with Crippen molar-refractivity contribution in [2.75, 3.05) is 0 Å². The van der Waals surface area contributed by atoms with Crippen molar-refractivity contribution in [1.82, 2.24) is 0 Å². The number of phenolic OH excluding ortho intramolecular Hbond substituents is 1. The number of benzene rings is 4. The molecule has 0 saturated carbocycles. The maximum atomic E-state index is 10.7. The van der Waals surface area contributed by atoms with Gasteiger partial charge >= 0.3 is 23.9 Å². The number of carboxylic acids is 4. The first-order valence-electron chi connectivity index (χ1n) is 12.8. The van der Waals surface area contributed by atoms with Gasteiger partial charge in [-0.25, -0.2) is 19.2 Å². The minimum Gasteiger partial charge on any atom is -0.508 e. The topological polar surface area (TPSA) is 275 Å². The summed E-state index contributed by atoms with van der Waals surface area (Å²) in [6.07, 6.45) is 1.50. The maximum absolute atomic E-state index is 10.7. The Morgan fingerprint density at radius 1 is 0.510 bits per heavy atom. The monoisotopic (exact) mass is 680 g/mol. The standard InChI is InChI=1S/C12H8O4.C8H6O5.C8H6O4.C4H4O4/c13-7-16-11-4-3-8-5-10(12(14)15)2-1-9(8)6-11;9-4-13-7-2-5(8(11)12)1-6(10)3-7;9-5-12-7-3-1-2-6(4-7)8(10)11;5-3-8-2-1-4(6)7/h1-7H,(H,14,15);1-4,10H,(H,11,12);1-5H,(H,10,11);1-3H,(H,6,7)/b;;;2-1+. The molecule has 49 heavy (non-hydrogen) atoms. The van der Waals surface area contributed by atoms with E-state index in [0.717, 1.165) is 35.2 Å². The highest BCUT2D eigenvalue weighted by molar-refractivity contribution is 5.95. The molecule has 0 aliphatic rings. The molecule has 0 aromatic heterocycles. The van der Waals surface area contributed by atoms with Crippen LogP contribution in [-0.4, -0.2) is 75.3 Å². The zero-order valence-electron chi connectivity index (χ0n) is 24.6. The van der Waals surface area contributed by atoms with E-state index < -0.39 is 23.9 Å². The van der Waals surface area contributed by atoms with Crippen LogP contribution in [0.25, 0.3) is 10.8 Å². The molecule has 4 aromatic carbocycles. The van der Waals surface area contributed by atoms with Crippen LogP contribution >= 0.6 is 0 Å². The summed E-state index contributed by atoms with van der Waals surface area (Å²) < 4.78 is 17.4. The Hall–Kier alpha value is -7.56. The largest absolute Gasteiger partial charge is 0.508 e. The number of aliphatic carboxylic acids is 1. The number of carbonyl (C=O) groups is 8. The van der Waals surface area contributed by atoms with Gasteiger partial charge in [0.15, 0.2) is 0 Å². The molecule has 0 aliphatic heterocycles. The van der Waals surface area contributed by atoms with Crippen molar-refractivity contribution >= 4 is 60.5 Å². The number of phenols is 1. The molecule has 0 spiro atoms. The Morgan fingerprint density at radius 3 is 1.57 bits per heavy atom. The number of hydrogen-bond donors (Lipinski definition) is 5. The molecule has 0 saturated heterocycles. The van der Waals surface area contributed by atoms with Gasteiger partial charge in [-0.1, -0.05) is 18.2 Å². The van der Waals surface area contributed by atoms with Crippen molar-refractivity contribution in [2.45, 2.75) is 0 Å². The van der Waals surface area contributed by atoms with Gasteiger partial charge in [-0.3, -0.25) is 19.2 Å². The molecule has 17 heteroatoms. The third-order valence-corrected chi connectivity index (χ3v) is 5.18. The predicted molar refractivity (Wildman–Crippen MR) is 163 cm³/mol. The smallest absolute Gasteiger partial charge is 0.335 e. The number of aromatic hydroxyl groups is 1. The number of ether oxygens (including phenoxy) is 4. The first kappa shape index (κ1) is 39.5. The lowest BCUT2D eigenvalue weighted by Crippen LogP contribution is -1.97. The Labute approximate surface area is 274 Å². The fourth-order valence-corrected chi connectivity index (χ4v) is 3.20. The number of hydrogen-bond acceptors (Lipinski definition) is 13. The molecule has 0 fully saturated rings. The summed E-state index contributed by atoms with van der Waals surface area (Å²) in [5.41, 5.74) is 0.183. The third-order valence-electron chi connectivity index (χ3n) is 5.18. The second kappa shape index (κ2) is 21.2. The molecule has 254 valence electrons. The highest BCUT2D eigenvalue weighted by Crippen LogP contribution is 2.22. The highest BCUT2D eigenvalue weighted by atomic mass is 16.5. The van der Waals surface area contributed by atoms with Gasteiger partial charge in [0.2, 0.25) is 0 Å². The molecular weight excluding hydrogens is 656 g/mol. The van der Waals surface area contributed by atoms with E-state index in [4.69, 9.17) is 30.3 Å². The average molecular weight is 681 g/mol. The van der Waals surface area contributed by atoms with E-state index in [1.807, 2.05) is 0 Å². The molecule has 5 N–H and O–H groups in total. The van der Waals surface area contributed by atoms with Gasteiger partial charge in [-0.05, 0) is 65.4 Å². The van der Waals surface area contributed by atoms with Gasteiger partial charge in [0.05, 0.1) is 22.8 Å². The molecule has 0 heterocycles. The van der Waals surface area contributed by atoms with Crippen LogP contribution in [0.5, 0.6) is 23.0 Å². The van der Waals surface area contributed by atoms with Crippen molar-refractivity contribution in [3.63, 3.8) is 0 Å². The predicted octanol–water partition coefficient (Wildman–Crippen LogP) is 3.38. The van der Waals surface area contributed by atoms with E-state index in [0.29, 0.717) is 18.3 Å². The maximum Gasteiger partial charge on any atom is 0.335 e. The lowest BCUT2D eigenvalue weighted by Gasteiger charge is -2.02. The molecule has 0 unspecified atom stereocenters. The SMILES string of the molecule is O=CO/C=C/C(=O)O.O=COc1cc(O)cc(C(=O)O)c1.O=COc1ccc2cc(C(=O)O)ccc2c1.O=COc1cccc(C(=O)O)c1. The summed E-state index contributed by atoms with van der Waals surface area (Å²) in [5, 5.41) is 44.4. The van der Waals surface area contributed by atoms with Gasteiger partial charge in [-0.15, -0.1) is 0 Å². The second-order valence-corrected chi connectivity index (χ2v) is 8.40. The molecule has 0 bridgehead atoms. The molecule has 0 aliphatic carbocycles. The van der Waals surface area contributed by atoms with Gasteiger partial charge in [0.25, 0.3) is 25.9 Å². The fourth-order valence-electron chi connectivity index (χ4n) is 3.20. The van der Waals surface area contributed by atoms with Crippen molar-refractivity contribution in [2.24, 2.45) is 0 Å². The van der Waals surface area contributed by atoms with Crippen molar-refractivity contribution in [3.8, 4) is 23.0 Å². The highest BCUT2D eigenvalue weighted by Gasteiger charge is 2.07. The van der Waals surface area contributed by atoms with Gasteiger partial charge in [0.1, 0.15) is 29.3 Å². The van der Waals surface area contributed by atoms with Crippen LogP contribution in [0.3, 0.4) is 0 Å².